The zero-order chi connectivity index (χ0) is 17.3. The van der Waals surface area contributed by atoms with Crippen LogP contribution >= 0.6 is 0 Å². The number of likely N-dealkylation sites (tertiary alicyclic amines) is 1. The summed E-state index contributed by atoms with van der Waals surface area (Å²) in [5.41, 5.74) is -0.814. The van der Waals surface area contributed by atoms with Gasteiger partial charge in [-0.3, -0.25) is 13.9 Å². The molecule has 0 aromatic heterocycles. The highest BCUT2D eigenvalue weighted by Crippen LogP contribution is 2.22. The molecule has 0 unspecified atom stereocenters. The predicted molar refractivity (Wildman–Crippen MR) is 83.1 cm³/mol. The fourth-order valence-corrected chi connectivity index (χ4v) is 3.50. The number of nitrogens with zero attached hydrogens (tertiary/aromatic N) is 1. The number of hydrogen-bond acceptors (Lipinski definition) is 6. The van der Waals surface area contributed by atoms with Crippen LogP contribution in [-0.4, -0.2) is 63.2 Å². The van der Waals surface area contributed by atoms with E-state index in [4.69, 9.17) is 9.47 Å². The highest BCUT2D eigenvalue weighted by Gasteiger charge is 2.43. The Morgan fingerprint density at radius 2 is 1.82 bits per heavy atom. The summed E-state index contributed by atoms with van der Waals surface area (Å²) in [5.74, 6) is -1.08. The van der Waals surface area contributed by atoms with Gasteiger partial charge >= 0.3 is 12.1 Å². The van der Waals surface area contributed by atoms with E-state index in [0.717, 1.165) is 4.90 Å². The van der Waals surface area contributed by atoms with E-state index >= 15 is 0 Å². The Balaban J connectivity index is 3.41. The van der Waals surface area contributed by atoms with Crippen LogP contribution in [0.4, 0.5) is 4.79 Å². The third kappa shape index (κ3) is 4.22. The van der Waals surface area contributed by atoms with Crippen molar-refractivity contribution in [2.75, 3.05) is 19.6 Å². The van der Waals surface area contributed by atoms with Crippen LogP contribution < -0.4 is 0 Å². The lowest BCUT2D eigenvalue weighted by Crippen LogP contribution is -2.57. The van der Waals surface area contributed by atoms with E-state index in [1.54, 1.807) is 20.8 Å². The number of amides is 1. The molecule has 0 spiro atoms. The van der Waals surface area contributed by atoms with E-state index in [9.17, 15) is 18.6 Å². The van der Waals surface area contributed by atoms with Gasteiger partial charge in [0.2, 0.25) is 0 Å². The van der Waals surface area contributed by atoms with Crippen molar-refractivity contribution in [3.8, 4) is 0 Å². The molecule has 0 aromatic carbocycles. The Hall–Kier alpha value is -1.57. The van der Waals surface area contributed by atoms with Crippen molar-refractivity contribution in [2.45, 2.75) is 45.3 Å². The topological polar surface area (TPSA) is 90.0 Å². The van der Waals surface area contributed by atoms with Gasteiger partial charge in [0.25, 0.3) is 0 Å². The van der Waals surface area contributed by atoms with Gasteiger partial charge in [0.05, 0.1) is 7.11 Å². The third-order valence-electron chi connectivity index (χ3n) is 2.94. The van der Waals surface area contributed by atoms with Gasteiger partial charge in [-0.2, -0.15) is 0 Å². The normalized spacial score (nSPS) is 19.9. The highest BCUT2D eigenvalue weighted by molar-refractivity contribution is 8.02. The molecule has 7 nitrogen and oxygen atoms in total. The summed E-state index contributed by atoms with van der Waals surface area (Å²) in [6, 6.07) is -1.01. The predicted octanol–water partition coefficient (Wildman–Crippen LogP) is 0.802. The van der Waals surface area contributed by atoms with Gasteiger partial charge in [-0.1, -0.05) is 0 Å². The summed E-state index contributed by atoms with van der Waals surface area (Å²) in [7, 11) is -1.57. The molecule has 0 bridgehead atoms. The number of esters is 1. The molecule has 0 saturated carbocycles. The zero-order valence-corrected chi connectivity index (χ0v) is 14.6. The van der Waals surface area contributed by atoms with Crippen LogP contribution in [0.3, 0.4) is 0 Å². The molecule has 1 rings (SSSR count). The summed E-state index contributed by atoms with van der Waals surface area (Å²) >= 11 is 0. The summed E-state index contributed by atoms with van der Waals surface area (Å²) in [6.45, 7) is 5.00. The van der Waals surface area contributed by atoms with E-state index < -0.39 is 39.0 Å². The molecule has 0 radical (unpaired) electrons. The Labute approximate surface area is 130 Å². The SMILES string of the molecule is COC(=O)[C@@H]1CCC(=O)C(=S(C)(C)=O)N1C(=O)OC(C)(C)C. The highest BCUT2D eigenvalue weighted by atomic mass is 32.2. The average molecular weight is 333 g/mol. The molecule has 0 aromatic rings. The Bertz CT molecular complexity index is 601. The minimum atomic E-state index is -2.77. The standard InChI is InChI=1S/C14H23NO6S/c1-14(2,3)21-13(18)15-9(12(17)20-4)7-8-10(16)11(15)22(5,6)19/h9H,7-8H2,1-6H3/t9-/m0/s1. The van der Waals surface area contributed by atoms with Gasteiger partial charge < -0.3 is 9.47 Å². The molecule has 1 saturated heterocycles. The molecule has 0 N–H and O–H groups in total. The summed E-state index contributed by atoms with van der Waals surface area (Å²) < 4.78 is 22.4. The molecule has 1 heterocycles. The quantitative estimate of drug-likeness (QED) is 0.521. The lowest BCUT2D eigenvalue weighted by molar-refractivity contribution is -0.146. The van der Waals surface area contributed by atoms with E-state index in [-0.39, 0.29) is 17.8 Å². The van der Waals surface area contributed by atoms with Gasteiger partial charge in [0, 0.05) is 18.9 Å². The first kappa shape index (κ1) is 18.5. The number of hydrogen-bond donors (Lipinski definition) is 0. The number of carbonyl (C=O) groups excluding carboxylic acids is 3. The first-order valence-corrected chi connectivity index (χ1v) is 9.20. The largest absolute Gasteiger partial charge is 0.467 e. The molecule has 1 amide bonds. The smallest absolute Gasteiger partial charge is 0.416 e. The maximum absolute atomic E-state index is 12.4. The molecule has 1 aliphatic rings. The zero-order valence-electron chi connectivity index (χ0n) is 13.8. The fraction of sp³-hybridized carbons (Fsp3) is 0.714. The van der Waals surface area contributed by atoms with Crippen molar-refractivity contribution >= 4 is 32.4 Å². The lowest BCUT2D eigenvalue weighted by atomic mass is 10.0. The minimum absolute atomic E-state index is 0.0348. The van der Waals surface area contributed by atoms with Crippen molar-refractivity contribution < 1.29 is 28.1 Å². The van der Waals surface area contributed by atoms with Gasteiger partial charge in [-0.25, -0.2) is 9.59 Å². The van der Waals surface area contributed by atoms with Gasteiger partial charge in [-0.15, -0.1) is 0 Å². The van der Waals surface area contributed by atoms with Gasteiger partial charge in [0.1, 0.15) is 16.6 Å². The summed E-state index contributed by atoms with van der Waals surface area (Å²) in [4.78, 5) is 37.3. The molecule has 0 aliphatic carbocycles. The second kappa shape index (κ2) is 6.28. The maximum atomic E-state index is 12.4. The molecule has 1 aliphatic heterocycles. The first-order valence-electron chi connectivity index (χ1n) is 6.83. The van der Waals surface area contributed by atoms with Crippen molar-refractivity contribution in [1.82, 2.24) is 4.90 Å². The fourth-order valence-electron chi connectivity index (χ4n) is 2.17. The van der Waals surface area contributed by atoms with Crippen LogP contribution in [-0.2, 0) is 28.6 Å². The van der Waals surface area contributed by atoms with E-state index in [2.05, 4.69) is 0 Å². The number of ether oxygens (including phenoxy) is 2. The molecule has 126 valence electrons. The van der Waals surface area contributed by atoms with E-state index in [1.807, 2.05) is 0 Å². The lowest BCUT2D eigenvalue weighted by Gasteiger charge is -2.36. The summed E-state index contributed by atoms with van der Waals surface area (Å²) in [6.07, 6.45) is 1.99. The maximum Gasteiger partial charge on any atom is 0.416 e. The monoisotopic (exact) mass is 333 g/mol. The molecule has 1 fully saturated rings. The Morgan fingerprint density at radius 3 is 2.23 bits per heavy atom. The van der Waals surface area contributed by atoms with Crippen LogP contribution in [0, 0.1) is 0 Å². The molecule has 22 heavy (non-hydrogen) atoms. The molecular weight excluding hydrogens is 310 g/mol. The number of ketones is 1. The van der Waals surface area contributed by atoms with Crippen LogP contribution in [0.1, 0.15) is 33.6 Å². The average Bonchev–Trinajstić information content (AvgIpc) is 2.33. The van der Waals surface area contributed by atoms with E-state index in [0.29, 0.717) is 0 Å². The van der Waals surface area contributed by atoms with Crippen LogP contribution in [0.15, 0.2) is 0 Å². The number of piperidine rings is 1. The number of rotatable bonds is 1. The molecular formula is C14H23NO6S. The second-order valence-corrected chi connectivity index (χ2v) is 9.24. The van der Waals surface area contributed by atoms with Crippen LogP contribution in [0.25, 0.3) is 0 Å². The number of Topliss-reactive ketones (excluding diaryl/α,β-unsaturated/α-hetero) is 1. The van der Waals surface area contributed by atoms with Gasteiger partial charge in [-0.05, 0) is 36.7 Å². The van der Waals surface area contributed by atoms with Crippen molar-refractivity contribution in [2.24, 2.45) is 0 Å². The number of methoxy groups -OCH3 is 1. The molecule has 8 heteroatoms. The molecule has 1 atom stereocenters. The minimum Gasteiger partial charge on any atom is -0.467 e. The first-order chi connectivity index (χ1) is 9.88. The van der Waals surface area contributed by atoms with Crippen LogP contribution in [0.2, 0.25) is 0 Å². The summed E-state index contributed by atoms with van der Waals surface area (Å²) in [5, 5.41) is 0. The van der Waals surface area contributed by atoms with Gasteiger partial charge in [0.15, 0.2) is 5.78 Å². The Kier molecular flexibility index (Phi) is 5.27. The number of carbonyl (C=O) groups is 3. The third-order valence-corrected chi connectivity index (χ3v) is 4.30. The van der Waals surface area contributed by atoms with Crippen molar-refractivity contribution in [3.05, 3.63) is 0 Å². The van der Waals surface area contributed by atoms with Crippen molar-refractivity contribution in [3.63, 3.8) is 0 Å². The van der Waals surface area contributed by atoms with Crippen molar-refractivity contribution in [1.29, 1.82) is 0 Å². The second-order valence-electron chi connectivity index (χ2n) is 6.39. The van der Waals surface area contributed by atoms with E-state index in [1.165, 1.54) is 19.6 Å². The van der Waals surface area contributed by atoms with Crippen LogP contribution in [0.5, 0.6) is 0 Å². The Morgan fingerprint density at radius 1 is 1.27 bits per heavy atom.